The van der Waals surface area contributed by atoms with Gasteiger partial charge in [-0.05, 0) is 36.2 Å². The molecule has 0 unspecified atom stereocenters. The molecule has 0 N–H and O–H groups in total. The first-order valence-corrected chi connectivity index (χ1v) is 7.21. The first kappa shape index (κ1) is 13.4. The SMILES string of the molecule is Cc1ccc(COc2ccc(CBr)cc2)c(Cl)c1. The number of rotatable bonds is 4. The van der Waals surface area contributed by atoms with Crippen LogP contribution in [0.3, 0.4) is 0 Å². The highest BCUT2D eigenvalue weighted by molar-refractivity contribution is 9.08. The predicted molar refractivity (Wildman–Crippen MR) is 79.6 cm³/mol. The average molecular weight is 326 g/mol. The average Bonchev–Trinajstić information content (AvgIpc) is 2.38. The molecule has 2 aromatic carbocycles. The van der Waals surface area contributed by atoms with Crippen LogP contribution in [-0.4, -0.2) is 0 Å². The highest BCUT2D eigenvalue weighted by atomic mass is 79.9. The molecule has 0 saturated carbocycles. The second-order valence-corrected chi connectivity index (χ2v) is 5.13. The lowest BCUT2D eigenvalue weighted by molar-refractivity contribution is 0.306. The number of ether oxygens (including phenoxy) is 1. The lowest BCUT2D eigenvalue weighted by Gasteiger charge is -2.08. The third-order valence-corrected chi connectivity index (χ3v) is 3.68. The molecule has 3 heteroatoms. The Hall–Kier alpha value is -0.990. The standard InChI is InChI=1S/C15H14BrClO/c1-11-2-5-13(15(17)8-11)10-18-14-6-3-12(9-16)4-7-14/h2-8H,9-10H2,1H3. The summed E-state index contributed by atoms with van der Waals surface area (Å²) in [5, 5.41) is 1.61. The minimum Gasteiger partial charge on any atom is -0.489 e. The molecule has 0 aromatic heterocycles. The second kappa shape index (κ2) is 6.26. The Labute approximate surface area is 121 Å². The molecule has 2 rings (SSSR count). The van der Waals surface area contributed by atoms with Crippen molar-refractivity contribution in [2.45, 2.75) is 18.9 Å². The largest absolute Gasteiger partial charge is 0.489 e. The highest BCUT2D eigenvalue weighted by Crippen LogP contribution is 2.20. The summed E-state index contributed by atoms with van der Waals surface area (Å²) in [4.78, 5) is 0. The Morgan fingerprint density at radius 1 is 1.11 bits per heavy atom. The molecule has 0 amide bonds. The van der Waals surface area contributed by atoms with E-state index in [0.717, 1.165) is 27.2 Å². The summed E-state index contributed by atoms with van der Waals surface area (Å²) in [6.45, 7) is 2.52. The van der Waals surface area contributed by atoms with E-state index in [-0.39, 0.29) is 0 Å². The van der Waals surface area contributed by atoms with Crippen LogP contribution in [0.25, 0.3) is 0 Å². The zero-order chi connectivity index (χ0) is 13.0. The third kappa shape index (κ3) is 3.50. The van der Waals surface area contributed by atoms with E-state index >= 15 is 0 Å². The lowest BCUT2D eigenvalue weighted by atomic mass is 10.1. The van der Waals surface area contributed by atoms with Gasteiger partial charge in [0.15, 0.2) is 0 Å². The number of benzene rings is 2. The molecule has 0 aliphatic rings. The molecule has 0 heterocycles. The van der Waals surface area contributed by atoms with Gasteiger partial charge in [0, 0.05) is 15.9 Å². The van der Waals surface area contributed by atoms with E-state index in [9.17, 15) is 0 Å². The van der Waals surface area contributed by atoms with E-state index in [1.165, 1.54) is 5.56 Å². The van der Waals surface area contributed by atoms with Gasteiger partial charge in [0.2, 0.25) is 0 Å². The maximum absolute atomic E-state index is 6.16. The van der Waals surface area contributed by atoms with Gasteiger partial charge < -0.3 is 4.74 Å². The molecule has 18 heavy (non-hydrogen) atoms. The minimum absolute atomic E-state index is 0.493. The van der Waals surface area contributed by atoms with E-state index in [4.69, 9.17) is 16.3 Å². The van der Waals surface area contributed by atoms with Crippen molar-refractivity contribution in [1.82, 2.24) is 0 Å². The van der Waals surface area contributed by atoms with Crippen molar-refractivity contribution in [3.63, 3.8) is 0 Å². The maximum atomic E-state index is 6.16. The summed E-state index contributed by atoms with van der Waals surface area (Å²) in [5.74, 6) is 0.858. The Kier molecular flexibility index (Phi) is 4.67. The molecule has 0 aliphatic carbocycles. The summed E-state index contributed by atoms with van der Waals surface area (Å²) in [5.41, 5.74) is 3.40. The predicted octanol–water partition coefficient (Wildman–Crippen LogP) is 5.12. The molecule has 0 fully saturated rings. The molecular formula is C15H14BrClO. The minimum atomic E-state index is 0.493. The third-order valence-electron chi connectivity index (χ3n) is 2.68. The maximum Gasteiger partial charge on any atom is 0.119 e. The van der Waals surface area contributed by atoms with Crippen LogP contribution in [0.1, 0.15) is 16.7 Å². The van der Waals surface area contributed by atoms with Crippen molar-refractivity contribution in [3.05, 3.63) is 64.2 Å². The molecule has 2 aromatic rings. The second-order valence-electron chi connectivity index (χ2n) is 4.16. The molecule has 1 nitrogen and oxygen atoms in total. The van der Waals surface area contributed by atoms with E-state index in [2.05, 4.69) is 15.9 Å². The monoisotopic (exact) mass is 324 g/mol. The summed E-state index contributed by atoms with van der Waals surface area (Å²) >= 11 is 9.57. The van der Waals surface area contributed by atoms with Crippen LogP contribution in [-0.2, 0) is 11.9 Å². The Balaban J connectivity index is 2.02. The van der Waals surface area contributed by atoms with Crippen molar-refractivity contribution in [1.29, 1.82) is 0 Å². The molecule has 94 valence electrons. The van der Waals surface area contributed by atoms with Gasteiger partial charge in [-0.25, -0.2) is 0 Å². The van der Waals surface area contributed by atoms with Crippen LogP contribution in [0.5, 0.6) is 5.75 Å². The van der Waals surface area contributed by atoms with Gasteiger partial charge in [0.05, 0.1) is 0 Å². The molecule has 0 spiro atoms. The summed E-state index contributed by atoms with van der Waals surface area (Å²) in [6, 6.07) is 14.0. The fourth-order valence-corrected chi connectivity index (χ4v) is 2.27. The van der Waals surface area contributed by atoms with Gasteiger partial charge in [-0.15, -0.1) is 0 Å². The zero-order valence-corrected chi connectivity index (χ0v) is 12.5. The fraction of sp³-hybridized carbons (Fsp3) is 0.200. The van der Waals surface area contributed by atoms with Gasteiger partial charge in [0.1, 0.15) is 12.4 Å². The quantitative estimate of drug-likeness (QED) is 0.709. The van der Waals surface area contributed by atoms with Crippen molar-refractivity contribution in [2.24, 2.45) is 0 Å². The van der Waals surface area contributed by atoms with Crippen LogP contribution in [0.2, 0.25) is 5.02 Å². The molecule has 0 saturated heterocycles. The zero-order valence-electron chi connectivity index (χ0n) is 10.1. The van der Waals surface area contributed by atoms with Crippen LogP contribution >= 0.6 is 27.5 Å². The fourth-order valence-electron chi connectivity index (χ4n) is 1.61. The van der Waals surface area contributed by atoms with Crippen LogP contribution in [0.15, 0.2) is 42.5 Å². The Morgan fingerprint density at radius 3 is 2.44 bits per heavy atom. The van der Waals surface area contributed by atoms with Crippen LogP contribution in [0, 0.1) is 6.92 Å². The van der Waals surface area contributed by atoms with Crippen molar-refractivity contribution in [2.75, 3.05) is 0 Å². The molecular weight excluding hydrogens is 312 g/mol. The number of aryl methyl sites for hydroxylation is 1. The van der Waals surface area contributed by atoms with Gasteiger partial charge in [-0.1, -0.05) is 51.8 Å². The van der Waals surface area contributed by atoms with E-state index in [0.29, 0.717) is 6.61 Å². The summed E-state index contributed by atoms with van der Waals surface area (Å²) < 4.78 is 5.71. The number of hydrogen-bond donors (Lipinski definition) is 0. The normalized spacial score (nSPS) is 10.4. The molecule has 0 radical (unpaired) electrons. The Bertz CT molecular complexity index is 523. The van der Waals surface area contributed by atoms with E-state index in [1.54, 1.807) is 0 Å². The molecule has 0 bridgehead atoms. The van der Waals surface area contributed by atoms with Gasteiger partial charge in [0.25, 0.3) is 0 Å². The van der Waals surface area contributed by atoms with Gasteiger partial charge in [-0.2, -0.15) is 0 Å². The van der Waals surface area contributed by atoms with Crippen molar-refractivity contribution in [3.8, 4) is 5.75 Å². The first-order chi connectivity index (χ1) is 8.69. The smallest absolute Gasteiger partial charge is 0.119 e. The molecule has 0 aliphatic heterocycles. The van der Waals surface area contributed by atoms with E-state index in [1.807, 2.05) is 49.4 Å². The number of halogens is 2. The van der Waals surface area contributed by atoms with Crippen LogP contribution in [0.4, 0.5) is 0 Å². The van der Waals surface area contributed by atoms with Crippen molar-refractivity contribution < 1.29 is 4.74 Å². The number of hydrogen-bond acceptors (Lipinski definition) is 1. The number of alkyl halides is 1. The van der Waals surface area contributed by atoms with Gasteiger partial charge >= 0.3 is 0 Å². The highest BCUT2D eigenvalue weighted by Gasteiger charge is 2.02. The topological polar surface area (TPSA) is 9.23 Å². The summed E-state index contributed by atoms with van der Waals surface area (Å²) in [6.07, 6.45) is 0. The first-order valence-electron chi connectivity index (χ1n) is 5.72. The molecule has 0 atom stereocenters. The lowest BCUT2D eigenvalue weighted by Crippen LogP contribution is -1.96. The Morgan fingerprint density at radius 2 is 1.83 bits per heavy atom. The van der Waals surface area contributed by atoms with E-state index < -0.39 is 0 Å². The summed E-state index contributed by atoms with van der Waals surface area (Å²) in [7, 11) is 0. The van der Waals surface area contributed by atoms with Crippen LogP contribution < -0.4 is 4.74 Å². The van der Waals surface area contributed by atoms with Gasteiger partial charge in [-0.3, -0.25) is 0 Å². The van der Waals surface area contributed by atoms with Crippen molar-refractivity contribution >= 4 is 27.5 Å².